The summed E-state index contributed by atoms with van der Waals surface area (Å²) < 4.78 is 5.10. The van der Waals surface area contributed by atoms with E-state index in [1.165, 1.54) is 19.3 Å². The van der Waals surface area contributed by atoms with Crippen LogP contribution in [0.4, 0.5) is 0 Å². The molecular weight excluding hydrogens is 200 g/mol. The maximum atomic E-state index is 5.10. The number of methoxy groups -OCH3 is 1. The minimum atomic E-state index is 0.596. The zero-order valence-electron chi connectivity index (χ0n) is 10.1. The predicted octanol–water partition coefficient (Wildman–Crippen LogP) is 2.37. The fourth-order valence-electron chi connectivity index (χ4n) is 1.96. The van der Waals surface area contributed by atoms with Crippen LogP contribution in [0, 0.1) is 5.41 Å². The fraction of sp³-hybridized carbons (Fsp3) is 0.615. The van der Waals surface area contributed by atoms with Gasteiger partial charge in [-0.3, -0.25) is 0 Å². The van der Waals surface area contributed by atoms with Crippen molar-refractivity contribution >= 4 is 0 Å². The van der Waals surface area contributed by atoms with Gasteiger partial charge in [-0.15, -0.1) is 0 Å². The van der Waals surface area contributed by atoms with Gasteiger partial charge in [0, 0.05) is 19.2 Å². The molecule has 1 heterocycles. The van der Waals surface area contributed by atoms with Crippen molar-refractivity contribution in [2.24, 2.45) is 5.41 Å². The van der Waals surface area contributed by atoms with Gasteiger partial charge in [0.1, 0.15) is 0 Å². The molecule has 1 saturated carbocycles. The summed E-state index contributed by atoms with van der Waals surface area (Å²) in [5, 5.41) is 3.49. The summed E-state index contributed by atoms with van der Waals surface area (Å²) in [6.07, 6.45) is 4.04. The zero-order valence-corrected chi connectivity index (χ0v) is 10.1. The van der Waals surface area contributed by atoms with Crippen molar-refractivity contribution in [3.8, 4) is 5.88 Å². The smallest absolute Gasteiger partial charge is 0.213 e. The van der Waals surface area contributed by atoms with Crippen molar-refractivity contribution in [2.75, 3.05) is 13.7 Å². The Morgan fingerprint density at radius 1 is 1.44 bits per heavy atom. The van der Waals surface area contributed by atoms with E-state index < -0.39 is 0 Å². The van der Waals surface area contributed by atoms with E-state index in [-0.39, 0.29) is 0 Å². The molecule has 1 aliphatic rings. The van der Waals surface area contributed by atoms with Gasteiger partial charge in [0.05, 0.1) is 12.8 Å². The molecule has 0 amide bonds. The number of pyridine rings is 1. The second kappa shape index (κ2) is 4.83. The van der Waals surface area contributed by atoms with Gasteiger partial charge in [-0.25, -0.2) is 4.98 Å². The molecule has 3 nitrogen and oxygen atoms in total. The Morgan fingerprint density at radius 2 is 2.25 bits per heavy atom. The van der Waals surface area contributed by atoms with Crippen molar-refractivity contribution < 1.29 is 4.74 Å². The molecule has 88 valence electrons. The van der Waals surface area contributed by atoms with Crippen LogP contribution in [-0.2, 0) is 6.54 Å². The lowest BCUT2D eigenvalue weighted by Crippen LogP contribution is -2.23. The highest BCUT2D eigenvalue weighted by molar-refractivity contribution is 5.15. The standard InChI is InChI=1S/C13H20N2O/c1-3-13(7-8-13)10-14-9-11-5-4-6-12(15-11)16-2/h4-6,14H,3,7-10H2,1-2H3. The molecule has 0 saturated heterocycles. The summed E-state index contributed by atoms with van der Waals surface area (Å²) in [4.78, 5) is 4.37. The van der Waals surface area contributed by atoms with Crippen molar-refractivity contribution in [3.05, 3.63) is 23.9 Å². The molecule has 1 N–H and O–H groups in total. The molecule has 1 aromatic rings. The number of hydrogen-bond acceptors (Lipinski definition) is 3. The molecule has 0 aromatic carbocycles. The Kier molecular flexibility index (Phi) is 3.44. The van der Waals surface area contributed by atoms with E-state index in [0.717, 1.165) is 18.8 Å². The molecule has 1 fully saturated rings. The second-order valence-electron chi connectivity index (χ2n) is 4.63. The van der Waals surface area contributed by atoms with Gasteiger partial charge in [-0.2, -0.15) is 0 Å². The monoisotopic (exact) mass is 220 g/mol. The van der Waals surface area contributed by atoms with Crippen molar-refractivity contribution in [3.63, 3.8) is 0 Å². The van der Waals surface area contributed by atoms with Crippen LogP contribution < -0.4 is 10.1 Å². The molecule has 2 rings (SSSR count). The van der Waals surface area contributed by atoms with Crippen LogP contribution in [-0.4, -0.2) is 18.6 Å². The summed E-state index contributed by atoms with van der Waals surface area (Å²) in [6.45, 7) is 4.22. The van der Waals surface area contributed by atoms with Crippen molar-refractivity contribution in [2.45, 2.75) is 32.7 Å². The van der Waals surface area contributed by atoms with Crippen LogP contribution in [0.1, 0.15) is 31.9 Å². The largest absolute Gasteiger partial charge is 0.481 e. The number of hydrogen-bond donors (Lipinski definition) is 1. The summed E-state index contributed by atoms with van der Waals surface area (Å²) in [6, 6.07) is 5.88. The van der Waals surface area contributed by atoms with Crippen LogP contribution in [0.5, 0.6) is 5.88 Å². The quantitative estimate of drug-likeness (QED) is 0.799. The molecule has 0 radical (unpaired) electrons. The average molecular weight is 220 g/mol. The lowest BCUT2D eigenvalue weighted by molar-refractivity contribution is 0.394. The number of rotatable bonds is 6. The third-order valence-corrected chi connectivity index (χ3v) is 3.50. The Balaban J connectivity index is 1.80. The molecular formula is C13H20N2O. The van der Waals surface area contributed by atoms with Crippen LogP contribution in [0.25, 0.3) is 0 Å². The first-order valence-corrected chi connectivity index (χ1v) is 5.99. The number of ether oxygens (including phenoxy) is 1. The van der Waals surface area contributed by atoms with Crippen LogP contribution in [0.15, 0.2) is 18.2 Å². The lowest BCUT2D eigenvalue weighted by Gasteiger charge is -2.13. The third-order valence-electron chi connectivity index (χ3n) is 3.50. The van der Waals surface area contributed by atoms with Gasteiger partial charge in [0.25, 0.3) is 0 Å². The maximum absolute atomic E-state index is 5.10. The highest BCUT2D eigenvalue weighted by Gasteiger charge is 2.39. The minimum absolute atomic E-state index is 0.596. The summed E-state index contributed by atoms with van der Waals surface area (Å²) in [7, 11) is 1.65. The normalized spacial score (nSPS) is 17.1. The maximum Gasteiger partial charge on any atom is 0.213 e. The first kappa shape index (κ1) is 11.4. The van der Waals surface area contributed by atoms with E-state index >= 15 is 0 Å². The average Bonchev–Trinajstić information content (AvgIpc) is 3.10. The SMILES string of the molecule is CCC1(CNCc2cccc(OC)n2)CC1. The molecule has 16 heavy (non-hydrogen) atoms. The second-order valence-corrected chi connectivity index (χ2v) is 4.63. The van der Waals surface area contributed by atoms with E-state index in [0.29, 0.717) is 11.3 Å². The van der Waals surface area contributed by atoms with E-state index in [4.69, 9.17) is 4.74 Å². The predicted molar refractivity (Wildman–Crippen MR) is 64.5 cm³/mol. The van der Waals surface area contributed by atoms with Gasteiger partial charge in [-0.1, -0.05) is 13.0 Å². The molecule has 1 aromatic heterocycles. The minimum Gasteiger partial charge on any atom is -0.481 e. The van der Waals surface area contributed by atoms with Crippen LogP contribution >= 0.6 is 0 Å². The van der Waals surface area contributed by atoms with Gasteiger partial charge in [-0.05, 0) is 30.7 Å². The first-order valence-electron chi connectivity index (χ1n) is 5.99. The van der Waals surface area contributed by atoms with E-state index in [1.54, 1.807) is 7.11 Å². The van der Waals surface area contributed by atoms with Gasteiger partial charge < -0.3 is 10.1 Å². The van der Waals surface area contributed by atoms with Crippen molar-refractivity contribution in [1.82, 2.24) is 10.3 Å². The summed E-state index contributed by atoms with van der Waals surface area (Å²) in [5.41, 5.74) is 1.64. The highest BCUT2D eigenvalue weighted by Crippen LogP contribution is 2.47. The van der Waals surface area contributed by atoms with Gasteiger partial charge >= 0.3 is 0 Å². The Labute approximate surface area is 97.2 Å². The van der Waals surface area contributed by atoms with E-state index in [2.05, 4.69) is 17.2 Å². The molecule has 1 aliphatic carbocycles. The lowest BCUT2D eigenvalue weighted by atomic mass is 10.0. The van der Waals surface area contributed by atoms with E-state index in [9.17, 15) is 0 Å². The van der Waals surface area contributed by atoms with Crippen LogP contribution in [0.2, 0.25) is 0 Å². The third kappa shape index (κ3) is 2.73. The molecule has 0 unspecified atom stereocenters. The number of nitrogens with zero attached hydrogens (tertiary/aromatic N) is 1. The highest BCUT2D eigenvalue weighted by atomic mass is 16.5. The number of aromatic nitrogens is 1. The molecule has 0 bridgehead atoms. The molecule has 0 aliphatic heterocycles. The molecule has 3 heteroatoms. The van der Waals surface area contributed by atoms with Gasteiger partial charge in [0.15, 0.2) is 0 Å². The summed E-state index contributed by atoms with van der Waals surface area (Å²) >= 11 is 0. The van der Waals surface area contributed by atoms with Crippen LogP contribution in [0.3, 0.4) is 0 Å². The van der Waals surface area contributed by atoms with E-state index in [1.807, 2.05) is 18.2 Å². The first-order chi connectivity index (χ1) is 7.78. The fourth-order valence-corrected chi connectivity index (χ4v) is 1.96. The zero-order chi connectivity index (χ0) is 11.4. The summed E-state index contributed by atoms with van der Waals surface area (Å²) in [5.74, 6) is 0.691. The number of nitrogens with one attached hydrogen (secondary N) is 1. The Morgan fingerprint density at radius 3 is 2.88 bits per heavy atom. The molecule has 0 spiro atoms. The topological polar surface area (TPSA) is 34.1 Å². The molecule has 0 atom stereocenters. The van der Waals surface area contributed by atoms with Gasteiger partial charge in [0.2, 0.25) is 5.88 Å². The van der Waals surface area contributed by atoms with Crippen molar-refractivity contribution in [1.29, 1.82) is 0 Å². The Hall–Kier alpha value is -1.09. The Bertz CT molecular complexity index is 348.